The van der Waals surface area contributed by atoms with Crippen molar-refractivity contribution in [2.24, 2.45) is 11.7 Å². The summed E-state index contributed by atoms with van der Waals surface area (Å²) in [4.78, 5) is 12.4. The minimum absolute atomic E-state index is 0.0950. The molecule has 3 N–H and O–H groups in total. The molecule has 0 radical (unpaired) electrons. The zero-order valence-corrected chi connectivity index (χ0v) is 14.7. The Balaban J connectivity index is 1.94. The topological polar surface area (TPSA) is 64.3 Å². The number of halogens is 1. The maximum absolute atomic E-state index is 12.4. The summed E-state index contributed by atoms with van der Waals surface area (Å²) in [5.41, 5.74) is 8.11. The summed E-state index contributed by atoms with van der Waals surface area (Å²) in [6.07, 6.45) is -0.230. The van der Waals surface area contributed by atoms with Gasteiger partial charge in [0.25, 0.3) is 0 Å². The normalized spacial score (nSPS) is 14.7. The Hall–Kier alpha value is -1.88. The predicted molar refractivity (Wildman–Crippen MR) is 96.7 cm³/mol. The van der Waals surface area contributed by atoms with E-state index in [4.69, 9.17) is 22.1 Å². The number of carbonyl (C=O) groups is 1. The molecule has 3 unspecified atom stereocenters. The van der Waals surface area contributed by atoms with Crippen LogP contribution in [0.5, 0.6) is 0 Å². The molecule has 0 bridgehead atoms. The molecule has 0 saturated carbocycles. The SMILES string of the molecule is COC(CNC(=O)C(C)C(N)c1ccccc1)c1ccc(Cl)cc1. The number of nitrogens with one attached hydrogen (secondary N) is 1. The van der Waals surface area contributed by atoms with E-state index >= 15 is 0 Å². The highest BCUT2D eigenvalue weighted by Crippen LogP contribution is 2.21. The number of amides is 1. The van der Waals surface area contributed by atoms with Crippen LogP contribution < -0.4 is 11.1 Å². The summed E-state index contributed by atoms with van der Waals surface area (Å²) in [5.74, 6) is -0.433. The average Bonchev–Trinajstić information content (AvgIpc) is 2.62. The van der Waals surface area contributed by atoms with Gasteiger partial charge in [-0.25, -0.2) is 0 Å². The summed E-state index contributed by atoms with van der Waals surface area (Å²) in [5, 5.41) is 3.59. The molecule has 0 heterocycles. The third-order valence-corrected chi connectivity index (χ3v) is 4.38. The van der Waals surface area contributed by atoms with Crippen LogP contribution in [0.25, 0.3) is 0 Å². The van der Waals surface area contributed by atoms with Crippen molar-refractivity contribution in [3.8, 4) is 0 Å². The van der Waals surface area contributed by atoms with E-state index in [0.717, 1.165) is 11.1 Å². The Morgan fingerprint density at radius 3 is 2.33 bits per heavy atom. The maximum atomic E-state index is 12.4. The average molecular weight is 347 g/mol. The van der Waals surface area contributed by atoms with Gasteiger partial charge in [0.05, 0.1) is 12.0 Å². The highest BCUT2D eigenvalue weighted by molar-refractivity contribution is 6.30. The number of ether oxygens (including phenoxy) is 1. The van der Waals surface area contributed by atoms with Gasteiger partial charge in [-0.2, -0.15) is 0 Å². The van der Waals surface area contributed by atoms with Gasteiger partial charge in [0.15, 0.2) is 0 Å². The molecule has 2 aromatic carbocycles. The second-order valence-corrected chi connectivity index (χ2v) is 6.18. The minimum atomic E-state index is -0.345. The minimum Gasteiger partial charge on any atom is -0.375 e. The van der Waals surface area contributed by atoms with E-state index in [0.29, 0.717) is 11.6 Å². The van der Waals surface area contributed by atoms with Crippen LogP contribution in [-0.4, -0.2) is 19.6 Å². The van der Waals surface area contributed by atoms with Crippen LogP contribution in [-0.2, 0) is 9.53 Å². The first-order valence-electron chi connectivity index (χ1n) is 7.89. The summed E-state index contributed by atoms with van der Waals surface area (Å²) in [6.45, 7) is 2.21. The third-order valence-electron chi connectivity index (χ3n) is 4.12. The first kappa shape index (κ1) is 18.5. The molecule has 24 heavy (non-hydrogen) atoms. The van der Waals surface area contributed by atoms with E-state index in [1.165, 1.54) is 0 Å². The van der Waals surface area contributed by atoms with E-state index in [9.17, 15) is 4.79 Å². The van der Waals surface area contributed by atoms with Crippen LogP contribution in [0.4, 0.5) is 0 Å². The van der Waals surface area contributed by atoms with Gasteiger partial charge < -0.3 is 15.8 Å². The molecule has 0 fully saturated rings. The van der Waals surface area contributed by atoms with E-state index in [2.05, 4.69) is 5.32 Å². The Labute approximate surface area is 148 Å². The van der Waals surface area contributed by atoms with E-state index in [1.807, 2.05) is 49.4 Å². The lowest BCUT2D eigenvalue weighted by Gasteiger charge is -2.22. The largest absolute Gasteiger partial charge is 0.375 e. The molecule has 1 amide bonds. The molecule has 0 aliphatic carbocycles. The molecule has 0 aliphatic rings. The molecule has 2 aromatic rings. The van der Waals surface area contributed by atoms with Gasteiger partial charge in [-0.1, -0.05) is 61.0 Å². The fraction of sp³-hybridized carbons (Fsp3) is 0.316. The second kappa shape index (κ2) is 8.83. The molecule has 3 atom stereocenters. The van der Waals surface area contributed by atoms with Crippen LogP contribution in [0.2, 0.25) is 5.02 Å². The quantitative estimate of drug-likeness (QED) is 0.806. The standard InChI is InChI=1S/C19H23ClN2O2/c1-13(18(21)15-6-4-3-5-7-15)19(23)22-12-17(24-2)14-8-10-16(20)11-9-14/h3-11,13,17-18H,12,21H2,1-2H3,(H,22,23). The van der Waals surface area contributed by atoms with Gasteiger partial charge in [0.1, 0.15) is 0 Å². The number of benzene rings is 2. The van der Waals surface area contributed by atoms with Crippen LogP contribution >= 0.6 is 11.6 Å². The highest BCUT2D eigenvalue weighted by Gasteiger charge is 2.23. The van der Waals surface area contributed by atoms with Crippen LogP contribution in [0.3, 0.4) is 0 Å². The van der Waals surface area contributed by atoms with Gasteiger partial charge in [0.2, 0.25) is 5.91 Å². The smallest absolute Gasteiger partial charge is 0.224 e. The molecule has 128 valence electrons. The highest BCUT2D eigenvalue weighted by atomic mass is 35.5. The number of hydrogen-bond donors (Lipinski definition) is 2. The molecular formula is C19H23ClN2O2. The molecule has 0 spiro atoms. The van der Waals surface area contributed by atoms with Crippen molar-refractivity contribution in [1.29, 1.82) is 0 Å². The number of nitrogens with two attached hydrogens (primary N) is 1. The lowest BCUT2D eigenvalue weighted by molar-refractivity contribution is -0.125. The Morgan fingerprint density at radius 1 is 1.12 bits per heavy atom. The van der Waals surface area contributed by atoms with Gasteiger partial charge in [-0.3, -0.25) is 4.79 Å². The molecule has 0 saturated heterocycles. The molecule has 2 rings (SSSR count). The Bertz CT molecular complexity index is 646. The van der Waals surface area contributed by atoms with Crippen molar-refractivity contribution in [2.45, 2.75) is 19.1 Å². The lowest BCUT2D eigenvalue weighted by Crippen LogP contribution is -2.37. The third kappa shape index (κ3) is 4.81. The van der Waals surface area contributed by atoms with Crippen molar-refractivity contribution < 1.29 is 9.53 Å². The molecule has 4 nitrogen and oxygen atoms in total. The van der Waals surface area contributed by atoms with Crippen molar-refractivity contribution in [3.63, 3.8) is 0 Å². The molecule has 5 heteroatoms. The Morgan fingerprint density at radius 2 is 1.75 bits per heavy atom. The zero-order chi connectivity index (χ0) is 17.5. The van der Waals surface area contributed by atoms with Gasteiger partial charge in [-0.15, -0.1) is 0 Å². The first-order chi connectivity index (χ1) is 11.5. The van der Waals surface area contributed by atoms with Crippen molar-refractivity contribution in [1.82, 2.24) is 5.32 Å². The van der Waals surface area contributed by atoms with E-state index in [1.54, 1.807) is 19.2 Å². The zero-order valence-electron chi connectivity index (χ0n) is 13.9. The fourth-order valence-electron chi connectivity index (χ4n) is 2.50. The first-order valence-corrected chi connectivity index (χ1v) is 8.27. The van der Waals surface area contributed by atoms with Crippen LogP contribution in [0.15, 0.2) is 54.6 Å². The molecule has 0 aromatic heterocycles. The van der Waals surface area contributed by atoms with Gasteiger partial charge >= 0.3 is 0 Å². The number of carbonyl (C=O) groups excluding carboxylic acids is 1. The lowest BCUT2D eigenvalue weighted by atomic mass is 9.94. The summed E-state index contributed by atoms with van der Waals surface area (Å²) < 4.78 is 5.46. The maximum Gasteiger partial charge on any atom is 0.224 e. The van der Waals surface area contributed by atoms with Crippen molar-refractivity contribution in [3.05, 3.63) is 70.7 Å². The second-order valence-electron chi connectivity index (χ2n) is 5.75. The Kier molecular flexibility index (Phi) is 6.79. The summed E-state index contributed by atoms with van der Waals surface area (Å²) in [7, 11) is 1.62. The van der Waals surface area contributed by atoms with Gasteiger partial charge in [0, 0.05) is 24.7 Å². The van der Waals surface area contributed by atoms with E-state index in [-0.39, 0.29) is 24.0 Å². The summed E-state index contributed by atoms with van der Waals surface area (Å²) >= 11 is 5.90. The summed E-state index contributed by atoms with van der Waals surface area (Å²) in [6, 6.07) is 16.7. The van der Waals surface area contributed by atoms with Crippen LogP contribution in [0, 0.1) is 5.92 Å². The predicted octanol–water partition coefficient (Wildman–Crippen LogP) is 3.48. The number of rotatable bonds is 7. The van der Waals surface area contributed by atoms with Crippen LogP contribution in [0.1, 0.15) is 30.2 Å². The monoisotopic (exact) mass is 346 g/mol. The fourth-order valence-corrected chi connectivity index (χ4v) is 2.62. The number of methoxy groups -OCH3 is 1. The van der Waals surface area contributed by atoms with Crippen molar-refractivity contribution in [2.75, 3.05) is 13.7 Å². The number of hydrogen-bond acceptors (Lipinski definition) is 3. The van der Waals surface area contributed by atoms with Crippen molar-refractivity contribution >= 4 is 17.5 Å². The molecule has 0 aliphatic heterocycles. The van der Waals surface area contributed by atoms with E-state index < -0.39 is 0 Å². The molecular weight excluding hydrogens is 324 g/mol. The van der Waals surface area contributed by atoms with Gasteiger partial charge in [-0.05, 0) is 23.3 Å².